The van der Waals surface area contributed by atoms with Crippen molar-refractivity contribution in [3.05, 3.63) is 65.2 Å². The highest BCUT2D eigenvalue weighted by atomic mass is 32.2. The number of rotatable bonds is 6. The molecule has 1 aliphatic rings. The van der Waals surface area contributed by atoms with E-state index in [0.717, 1.165) is 17.5 Å². The van der Waals surface area contributed by atoms with Gasteiger partial charge >= 0.3 is 0 Å². The van der Waals surface area contributed by atoms with Gasteiger partial charge in [0.1, 0.15) is 5.41 Å². The number of nitriles is 1. The SMILES string of the molecule is CCc1ccc([C@@H]2[C@@H](S(=O)(=O)c3ccc(C)cc3)[C@@]2(C#N)COC)cc1. The first kappa shape index (κ1) is 18.6. The predicted octanol–water partition coefficient (Wildman–Crippen LogP) is 3.65. The molecule has 0 spiro atoms. The van der Waals surface area contributed by atoms with E-state index in [1.54, 1.807) is 24.3 Å². The number of ether oxygens (including phenoxy) is 1. The molecule has 0 amide bonds. The third kappa shape index (κ3) is 2.94. The van der Waals surface area contributed by atoms with Gasteiger partial charge in [0.25, 0.3) is 0 Å². The van der Waals surface area contributed by atoms with Gasteiger partial charge in [-0.1, -0.05) is 48.9 Å². The molecule has 0 saturated heterocycles. The molecule has 0 heterocycles. The van der Waals surface area contributed by atoms with Crippen LogP contribution in [-0.4, -0.2) is 27.4 Å². The minimum Gasteiger partial charge on any atom is -0.383 e. The van der Waals surface area contributed by atoms with Crippen molar-refractivity contribution in [2.45, 2.75) is 36.3 Å². The summed E-state index contributed by atoms with van der Waals surface area (Å²) in [7, 11) is -2.14. The fraction of sp³-hybridized carbons (Fsp3) is 0.381. The van der Waals surface area contributed by atoms with Gasteiger partial charge in [0.2, 0.25) is 0 Å². The van der Waals surface area contributed by atoms with Crippen molar-refractivity contribution in [3.8, 4) is 6.07 Å². The average molecular weight is 369 g/mol. The van der Waals surface area contributed by atoms with Crippen LogP contribution in [0.15, 0.2) is 53.4 Å². The van der Waals surface area contributed by atoms with E-state index in [4.69, 9.17) is 4.74 Å². The van der Waals surface area contributed by atoms with Gasteiger partial charge in [0.15, 0.2) is 9.84 Å². The van der Waals surface area contributed by atoms with Gasteiger partial charge in [-0.3, -0.25) is 0 Å². The Labute approximate surface area is 155 Å². The molecule has 5 heteroatoms. The molecule has 0 bridgehead atoms. The molecule has 0 N–H and O–H groups in total. The summed E-state index contributed by atoms with van der Waals surface area (Å²) in [6, 6.07) is 16.9. The van der Waals surface area contributed by atoms with Crippen molar-refractivity contribution in [1.82, 2.24) is 0 Å². The van der Waals surface area contributed by atoms with Crippen molar-refractivity contribution in [2.24, 2.45) is 5.41 Å². The summed E-state index contributed by atoms with van der Waals surface area (Å²) in [5.74, 6) is -0.385. The molecule has 2 aromatic rings. The van der Waals surface area contributed by atoms with Crippen LogP contribution in [0.4, 0.5) is 0 Å². The normalized spacial score (nSPS) is 24.8. The summed E-state index contributed by atoms with van der Waals surface area (Å²) in [5.41, 5.74) is 2.00. The fourth-order valence-electron chi connectivity index (χ4n) is 3.74. The number of hydrogen-bond acceptors (Lipinski definition) is 4. The molecular formula is C21H23NO3S. The molecule has 4 nitrogen and oxygen atoms in total. The van der Waals surface area contributed by atoms with Gasteiger partial charge in [-0.05, 0) is 36.6 Å². The van der Waals surface area contributed by atoms with Gasteiger partial charge in [-0.15, -0.1) is 0 Å². The molecule has 1 fully saturated rings. The maximum Gasteiger partial charge on any atom is 0.183 e. The van der Waals surface area contributed by atoms with Gasteiger partial charge in [-0.25, -0.2) is 8.42 Å². The second kappa shape index (κ2) is 6.86. The zero-order valence-electron chi connectivity index (χ0n) is 15.3. The topological polar surface area (TPSA) is 67.2 Å². The lowest BCUT2D eigenvalue weighted by atomic mass is 10.00. The smallest absolute Gasteiger partial charge is 0.183 e. The van der Waals surface area contributed by atoms with Crippen LogP contribution in [0.1, 0.15) is 29.5 Å². The highest BCUT2D eigenvalue weighted by Gasteiger charge is 2.72. The zero-order chi connectivity index (χ0) is 18.9. The van der Waals surface area contributed by atoms with Crippen molar-refractivity contribution in [2.75, 3.05) is 13.7 Å². The number of sulfone groups is 1. The van der Waals surface area contributed by atoms with Gasteiger partial charge in [0.05, 0.1) is 22.8 Å². The van der Waals surface area contributed by atoms with E-state index < -0.39 is 20.5 Å². The summed E-state index contributed by atoms with van der Waals surface area (Å²) < 4.78 is 31.8. The predicted molar refractivity (Wildman–Crippen MR) is 101 cm³/mol. The van der Waals surface area contributed by atoms with E-state index in [9.17, 15) is 13.7 Å². The second-order valence-electron chi connectivity index (χ2n) is 6.94. The van der Waals surface area contributed by atoms with Crippen LogP contribution < -0.4 is 0 Å². The second-order valence-corrected chi connectivity index (χ2v) is 9.01. The minimum atomic E-state index is -3.64. The summed E-state index contributed by atoms with van der Waals surface area (Å²) in [6.07, 6.45) is 0.914. The Bertz CT molecular complexity index is 927. The van der Waals surface area contributed by atoms with Crippen LogP contribution in [0.3, 0.4) is 0 Å². The molecule has 0 unspecified atom stereocenters. The quantitative estimate of drug-likeness (QED) is 0.779. The standard InChI is InChI=1S/C21H23NO3S/c1-4-16-7-9-17(10-8-16)19-20(21(19,13-22)14-25-3)26(23,24)18-11-5-15(2)6-12-18/h5-12,19-20H,4,14H2,1-3H3/t19-,20-,21+/m1/s1. The molecule has 136 valence electrons. The molecule has 26 heavy (non-hydrogen) atoms. The van der Waals surface area contributed by atoms with Gasteiger partial charge < -0.3 is 4.74 Å². The highest BCUT2D eigenvalue weighted by molar-refractivity contribution is 7.92. The molecule has 2 aromatic carbocycles. The van der Waals surface area contributed by atoms with Crippen molar-refractivity contribution in [1.29, 1.82) is 5.26 Å². The Balaban J connectivity index is 2.05. The first-order chi connectivity index (χ1) is 12.4. The number of aryl methyl sites for hydroxylation is 2. The molecule has 3 atom stereocenters. The van der Waals surface area contributed by atoms with Crippen LogP contribution in [0, 0.1) is 23.7 Å². The highest BCUT2D eigenvalue weighted by Crippen LogP contribution is 2.63. The minimum absolute atomic E-state index is 0.0967. The number of benzene rings is 2. The lowest BCUT2D eigenvalue weighted by Gasteiger charge is -2.08. The molecule has 1 saturated carbocycles. The molecule has 0 aromatic heterocycles. The molecular weight excluding hydrogens is 346 g/mol. The summed E-state index contributed by atoms with van der Waals surface area (Å²) in [5, 5.41) is 9.05. The molecule has 3 rings (SSSR count). The molecule has 1 aliphatic carbocycles. The maximum absolute atomic E-state index is 13.3. The Morgan fingerprint density at radius 1 is 1.12 bits per heavy atom. The molecule has 0 aliphatic heterocycles. The van der Waals surface area contributed by atoms with Crippen molar-refractivity contribution < 1.29 is 13.2 Å². The number of nitrogens with zero attached hydrogens (tertiary/aromatic N) is 1. The summed E-state index contributed by atoms with van der Waals surface area (Å²) in [4.78, 5) is 0.261. The van der Waals surface area contributed by atoms with Crippen LogP contribution in [0.2, 0.25) is 0 Å². The maximum atomic E-state index is 13.3. The Morgan fingerprint density at radius 3 is 2.23 bits per heavy atom. The van der Waals surface area contributed by atoms with E-state index >= 15 is 0 Å². The van der Waals surface area contributed by atoms with Gasteiger partial charge in [-0.2, -0.15) is 5.26 Å². The Morgan fingerprint density at radius 2 is 1.73 bits per heavy atom. The fourth-order valence-corrected chi connectivity index (χ4v) is 6.05. The molecule has 0 radical (unpaired) electrons. The monoisotopic (exact) mass is 369 g/mol. The average Bonchev–Trinajstić information content (AvgIpc) is 3.32. The Kier molecular flexibility index (Phi) is 4.92. The first-order valence-electron chi connectivity index (χ1n) is 8.70. The van der Waals surface area contributed by atoms with Crippen LogP contribution in [-0.2, 0) is 21.0 Å². The lowest BCUT2D eigenvalue weighted by Crippen LogP contribution is -2.19. The number of hydrogen-bond donors (Lipinski definition) is 0. The van der Waals surface area contributed by atoms with Gasteiger partial charge in [0, 0.05) is 13.0 Å². The van der Waals surface area contributed by atoms with E-state index in [2.05, 4.69) is 13.0 Å². The first-order valence-corrected chi connectivity index (χ1v) is 10.2. The van der Waals surface area contributed by atoms with E-state index in [1.165, 1.54) is 12.7 Å². The Hall–Kier alpha value is -2.16. The lowest BCUT2D eigenvalue weighted by molar-refractivity contribution is 0.162. The van der Waals surface area contributed by atoms with Crippen LogP contribution in [0.5, 0.6) is 0 Å². The van der Waals surface area contributed by atoms with Crippen molar-refractivity contribution in [3.63, 3.8) is 0 Å². The number of methoxy groups -OCH3 is 1. The summed E-state index contributed by atoms with van der Waals surface area (Å²) >= 11 is 0. The van der Waals surface area contributed by atoms with Crippen LogP contribution in [0.25, 0.3) is 0 Å². The largest absolute Gasteiger partial charge is 0.383 e. The van der Waals surface area contributed by atoms with Crippen molar-refractivity contribution >= 4 is 9.84 Å². The summed E-state index contributed by atoms with van der Waals surface area (Å²) in [6.45, 7) is 4.08. The van der Waals surface area contributed by atoms with E-state index in [0.29, 0.717) is 0 Å². The van der Waals surface area contributed by atoms with E-state index in [1.807, 2.05) is 31.2 Å². The van der Waals surface area contributed by atoms with Crippen LogP contribution >= 0.6 is 0 Å². The zero-order valence-corrected chi connectivity index (χ0v) is 16.1. The third-order valence-corrected chi connectivity index (χ3v) is 7.57. The third-order valence-electron chi connectivity index (χ3n) is 5.28. The van der Waals surface area contributed by atoms with E-state index in [-0.39, 0.29) is 17.4 Å².